The smallest absolute Gasteiger partial charge is 0.0797 e. The van der Waals surface area contributed by atoms with E-state index in [0.717, 1.165) is 25.9 Å². The van der Waals surface area contributed by atoms with Gasteiger partial charge in [0, 0.05) is 11.4 Å². The van der Waals surface area contributed by atoms with Gasteiger partial charge in [-0.3, -0.25) is 0 Å². The van der Waals surface area contributed by atoms with Crippen LogP contribution >= 0.6 is 11.3 Å². The van der Waals surface area contributed by atoms with E-state index in [0.29, 0.717) is 0 Å². The maximum atomic E-state index is 4.26. The highest BCUT2D eigenvalue weighted by Gasteiger charge is 2.00. The molecule has 0 amide bonds. The minimum Gasteiger partial charge on any atom is -0.316 e. The van der Waals surface area contributed by atoms with Gasteiger partial charge in [0.2, 0.25) is 0 Å². The molecule has 1 N–H and O–H groups in total. The van der Waals surface area contributed by atoms with Crippen LogP contribution in [0.3, 0.4) is 0 Å². The number of nitrogens with one attached hydrogen (secondary N) is 1. The van der Waals surface area contributed by atoms with E-state index >= 15 is 0 Å². The molecule has 0 saturated carbocycles. The van der Waals surface area contributed by atoms with Crippen molar-refractivity contribution in [3.05, 3.63) is 52.0 Å². The highest BCUT2D eigenvalue weighted by atomic mass is 32.1. The average Bonchev–Trinajstić information content (AvgIpc) is 2.81. The third-order valence-corrected chi connectivity index (χ3v) is 4.03. The monoisotopic (exact) mass is 260 g/mol. The van der Waals surface area contributed by atoms with E-state index in [9.17, 15) is 0 Å². The topological polar surface area (TPSA) is 24.9 Å². The van der Waals surface area contributed by atoms with Crippen LogP contribution in [0.25, 0.3) is 0 Å². The highest BCUT2D eigenvalue weighted by Crippen LogP contribution is 2.11. The first-order chi connectivity index (χ1) is 8.86. The van der Waals surface area contributed by atoms with E-state index < -0.39 is 0 Å². The van der Waals surface area contributed by atoms with Gasteiger partial charge >= 0.3 is 0 Å². The Balaban J connectivity index is 1.56. The Morgan fingerprint density at radius 3 is 2.67 bits per heavy atom. The Hall–Kier alpha value is -1.19. The number of hydrogen-bond donors (Lipinski definition) is 1. The SMILES string of the molecule is Cc1ncsc1CCNCCCc1ccccc1. The first kappa shape index (κ1) is 13.2. The molecule has 0 unspecified atom stereocenters. The number of nitrogens with zero attached hydrogens (tertiary/aromatic N) is 1. The molecule has 0 aliphatic heterocycles. The first-order valence-corrected chi connectivity index (χ1v) is 7.38. The number of aromatic nitrogens is 1. The second-order valence-electron chi connectivity index (χ2n) is 4.45. The van der Waals surface area contributed by atoms with Crippen molar-refractivity contribution in [2.24, 2.45) is 0 Å². The lowest BCUT2D eigenvalue weighted by Crippen LogP contribution is -2.18. The third-order valence-electron chi connectivity index (χ3n) is 3.04. The molecule has 0 aliphatic rings. The lowest BCUT2D eigenvalue weighted by Gasteiger charge is -2.04. The molecule has 0 atom stereocenters. The van der Waals surface area contributed by atoms with Crippen LogP contribution in [-0.4, -0.2) is 18.1 Å². The predicted octanol–water partition coefficient (Wildman–Crippen LogP) is 3.22. The van der Waals surface area contributed by atoms with Gasteiger partial charge in [-0.15, -0.1) is 11.3 Å². The Morgan fingerprint density at radius 2 is 1.94 bits per heavy atom. The number of aryl methyl sites for hydroxylation is 2. The Labute approximate surface area is 113 Å². The van der Waals surface area contributed by atoms with E-state index in [1.54, 1.807) is 11.3 Å². The van der Waals surface area contributed by atoms with Gasteiger partial charge < -0.3 is 5.32 Å². The van der Waals surface area contributed by atoms with Crippen LogP contribution in [0.5, 0.6) is 0 Å². The van der Waals surface area contributed by atoms with Gasteiger partial charge in [0.05, 0.1) is 11.2 Å². The van der Waals surface area contributed by atoms with E-state index in [2.05, 4.69) is 47.6 Å². The standard InChI is InChI=1S/C15H20N2S/c1-13-15(18-12-17-13)9-11-16-10-5-8-14-6-3-2-4-7-14/h2-4,6-7,12,16H,5,8-11H2,1H3. The molecule has 0 saturated heterocycles. The second-order valence-corrected chi connectivity index (χ2v) is 5.39. The summed E-state index contributed by atoms with van der Waals surface area (Å²) < 4.78 is 0. The van der Waals surface area contributed by atoms with Crippen molar-refractivity contribution < 1.29 is 0 Å². The molecule has 2 nitrogen and oxygen atoms in total. The summed E-state index contributed by atoms with van der Waals surface area (Å²) in [6.07, 6.45) is 3.46. The average molecular weight is 260 g/mol. The molecule has 0 radical (unpaired) electrons. The summed E-state index contributed by atoms with van der Waals surface area (Å²) in [5.74, 6) is 0. The zero-order chi connectivity index (χ0) is 12.6. The van der Waals surface area contributed by atoms with Crippen LogP contribution in [-0.2, 0) is 12.8 Å². The zero-order valence-corrected chi connectivity index (χ0v) is 11.7. The van der Waals surface area contributed by atoms with Crippen LogP contribution in [0.2, 0.25) is 0 Å². The van der Waals surface area contributed by atoms with E-state index in [1.165, 1.54) is 22.6 Å². The lowest BCUT2D eigenvalue weighted by atomic mass is 10.1. The summed E-state index contributed by atoms with van der Waals surface area (Å²) in [5.41, 5.74) is 4.55. The minimum absolute atomic E-state index is 1.05. The Kier molecular flexibility index (Phi) is 5.36. The van der Waals surface area contributed by atoms with Gasteiger partial charge in [0.15, 0.2) is 0 Å². The number of benzene rings is 1. The molecule has 0 fully saturated rings. The maximum absolute atomic E-state index is 4.26. The molecule has 0 spiro atoms. The van der Waals surface area contributed by atoms with E-state index in [-0.39, 0.29) is 0 Å². The summed E-state index contributed by atoms with van der Waals surface area (Å²) in [6.45, 7) is 4.23. The minimum atomic E-state index is 1.05. The normalized spacial score (nSPS) is 10.7. The van der Waals surface area contributed by atoms with Gasteiger partial charge in [-0.05, 0) is 38.3 Å². The van der Waals surface area contributed by atoms with Crippen molar-refractivity contribution in [2.75, 3.05) is 13.1 Å². The second kappa shape index (κ2) is 7.29. The Morgan fingerprint density at radius 1 is 1.11 bits per heavy atom. The fraction of sp³-hybridized carbons (Fsp3) is 0.400. The van der Waals surface area contributed by atoms with Gasteiger partial charge in [0.1, 0.15) is 0 Å². The molecule has 2 rings (SSSR count). The zero-order valence-electron chi connectivity index (χ0n) is 10.9. The molecule has 0 bridgehead atoms. The van der Waals surface area contributed by atoms with E-state index in [4.69, 9.17) is 0 Å². The summed E-state index contributed by atoms with van der Waals surface area (Å²) in [4.78, 5) is 5.67. The van der Waals surface area contributed by atoms with Crippen LogP contribution in [0, 0.1) is 6.92 Å². The molecule has 1 aromatic heterocycles. The number of hydrogen-bond acceptors (Lipinski definition) is 3. The number of rotatable bonds is 7. The van der Waals surface area contributed by atoms with Crippen LogP contribution < -0.4 is 5.32 Å². The van der Waals surface area contributed by atoms with Crippen molar-refractivity contribution in [2.45, 2.75) is 26.2 Å². The van der Waals surface area contributed by atoms with Gasteiger partial charge in [-0.25, -0.2) is 4.98 Å². The van der Waals surface area contributed by atoms with Gasteiger partial charge in [-0.2, -0.15) is 0 Å². The predicted molar refractivity (Wildman–Crippen MR) is 78.2 cm³/mol. The molecule has 1 heterocycles. The first-order valence-electron chi connectivity index (χ1n) is 6.50. The van der Waals surface area contributed by atoms with Crippen LogP contribution in [0.15, 0.2) is 35.8 Å². The molecular weight excluding hydrogens is 240 g/mol. The molecule has 18 heavy (non-hydrogen) atoms. The van der Waals surface area contributed by atoms with Crippen molar-refractivity contribution in [3.8, 4) is 0 Å². The molecule has 96 valence electrons. The molecule has 0 aliphatic carbocycles. The molecular formula is C15H20N2S. The van der Waals surface area contributed by atoms with Crippen LogP contribution in [0.1, 0.15) is 22.6 Å². The quantitative estimate of drug-likeness (QED) is 0.773. The molecule has 3 heteroatoms. The third kappa shape index (κ3) is 4.24. The van der Waals surface area contributed by atoms with Gasteiger partial charge in [0.25, 0.3) is 0 Å². The summed E-state index contributed by atoms with van der Waals surface area (Å²) >= 11 is 1.76. The van der Waals surface area contributed by atoms with Crippen LogP contribution in [0.4, 0.5) is 0 Å². The van der Waals surface area contributed by atoms with E-state index in [1.807, 2.05) is 5.51 Å². The van der Waals surface area contributed by atoms with Crippen molar-refractivity contribution >= 4 is 11.3 Å². The number of thiazole rings is 1. The highest BCUT2D eigenvalue weighted by molar-refractivity contribution is 7.09. The fourth-order valence-electron chi connectivity index (χ4n) is 1.96. The van der Waals surface area contributed by atoms with Crippen molar-refractivity contribution in [1.29, 1.82) is 0 Å². The summed E-state index contributed by atoms with van der Waals surface area (Å²) in [7, 11) is 0. The van der Waals surface area contributed by atoms with Crippen molar-refractivity contribution in [3.63, 3.8) is 0 Å². The fourth-order valence-corrected chi connectivity index (χ4v) is 2.74. The maximum Gasteiger partial charge on any atom is 0.0797 e. The Bertz CT molecular complexity index is 451. The van der Waals surface area contributed by atoms with Gasteiger partial charge in [-0.1, -0.05) is 30.3 Å². The van der Waals surface area contributed by atoms with Crippen molar-refractivity contribution in [1.82, 2.24) is 10.3 Å². The summed E-state index contributed by atoms with van der Waals surface area (Å²) in [5, 5.41) is 3.50. The summed E-state index contributed by atoms with van der Waals surface area (Å²) in [6, 6.07) is 10.7. The largest absolute Gasteiger partial charge is 0.316 e. The molecule has 2 aromatic rings. The molecule has 1 aromatic carbocycles. The lowest BCUT2D eigenvalue weighted by molar-refractivity contribution is 0.649.